The molecule has 0 bridgehead atoms. The molecule has 0 fully saturated rings. The maximum Gasteiger partial charge on any atom is 0.410 e. The lowest BCUT2D eigenvalue weighted by atomic mass is 10.2. The SMILES string of the molecule is CC(C)(C)OC(=O)N1CC=C(n2cccc(N)c2=O)CC1. The summed E-state index contributed by atoms with van der Waals surface area (Å²) < 4.78 is 6.86. The van der Waals surface area contributed by atoms with Gasteiger partial charge in [0, 0.05) is 31.4 Å². The molecule has 114 valence electrons. The van der Waals surface area contributed by atoms with Crippen molar-refractivity contribution in [1.29, 1.82) is 0 Å². The second kappa shape index (κ2) is 5.63. The number of anilines is 1. The first kappa shape index (κ1) is 15.2. The molecule has 0 aromatic carbocycles. The van der Waals surface area contributed by atoms with Crippen molar-refractivity contribution in [3.05, 3.63) is 34.8 Å². The summed E-state index contributed by atoms with van der Waals surface area (Å²) in [5.74, 6) is 0. The van der Waals surface area contributed by atoms with Crippen molar-refractivity contribution in [2.24, 2.45) is 0 Å². The average molecular weight is 291 g/mol. The number of amides is 1. The van der Waals surface area contributed by atoms with E-state index in [2.05, 4.69) is 0 Å². The van der Waals surface area contributed by atoms with Crippen LogP contribution in [0.15, 0.2) is 29.2 Å². The molecule has 2 N–H and O–H groups in total. The van der Waals surface area contributed by atoms with E-state index < -0.39 is 5.60 Å². The molecule has 0 radical (unpaired) electrons. The van der Waals surface area contributed by atoms with E-state index in [-0.39, 0.29) is 17.3 Å². The molecule has 0 unspecified atom stereocenters. The Hall–Kier alpha value is -2.24. The number of nitrogen functional groups attached to an aromatic ring is 1. The van der Waals surface area contributed by atoms with Crippen molar-refractivity contribution in [3.8, 4) is 0 Å². The van der Waals surface area contributed by atoms with E-state index in [0.717, 1.165) is 5.70 Å². The van der Waals surface area contributed by atoms with Gasteiger partial charge in [-0.15, -0.1) is 0 Å². The zero-order valence-corrected chi connectivity index (χ0v) is 12.6. The first-order valence-corrected chi connectivity index (χ1v) is 6.92. The van der Waals surface area contributed by atoms with E-state index in [0.29, 0.717) is 19.5 Å². The van der Waals surface area contributed by atoms with Crippen molar-refractivity contribution in [2.75, 3.05) is 18.8 Å². The highest BCUT2D eigenvalue weighted by Gasteiger charge is 2.24. The van der Waals surface area contributed by atoms with Crippen LogP contribution in [0.25, 0.3) is 5.70 Å². The summed E-state index contributed by atoms with van der Waals surface area (Å²) in [6, 6.07) is 3.31. The largest absolute Gasteiger partial charge is 0.444 e. The molecule has 21 heavy (non-hydrogen) atoms. The van der Waals surface area contributed by atoms with Crippen molar-refractivity contribution in [2.45, 2.75) is 32.8 Å². The highest BCUT2D eigenvalue weighted by Crippen LogP contribution is 2.17. The van der Waals surface area contributed by atoms with Crippen LogP contribution in [0.2, 0.25) is 0 Å². The van der Waals surface area contributed by atoms with Gasteiger partial charge in [0.1, 0.15) is 5.60 Å². The summed E-state index contributed by atoms with van der Waals surface area (Å²) in [5.41, 5.74) is 5.96. The molecule has 6 nitrogen and oxygen atoms in total. The zero-order chi connectivity index (χ0) is 15.6. The minimum Gasteiger partial charge on any atom is -0.444 e. The van der Waals surface area contributed by atoms with Crippen LogP contribution >= 0.6 is 0 Å². The number of hydrogen-bond donors (Lipinski definition) is 1. The lowest BCUT2D eigenvalue weighted by Crippen LogP contribution is -2.40. The molecule has 0 aliphatic carbocycles. The highest BCUT2D eigenvalue weighted by molar-refractivity contribution is 5.69. The lowest BCUT2D eigenvalue weighted by Gasteiger charge is -2.29. The fourth-order valence-corrected chi connectivity index (χ4v) is 2.11. The number of aromatic nitrogens is 1. The van der Waals surface area contributed by atoms with E-state index in [1.807, 2.05) is 26.8 Å². The van der Waals surface area contributed by atoms with Gasteiger partial charge in [-0.25, -0.2) is 4.79 Å². The van der Waals surface area contributed by atoms with Crippen molar-refractivity contribution < 1.29 is 9.53 Å². The summed E-state index contributed by atoms with van der Waals surface area (Å²) >= 11 is 0. The van der Waals surface area contributed by atoms with Gasteiger partial charge >= 0.3 is 6.09 Å². The van der Waals surface area contributed by atoms with Gasteiger partial charge in [0.15, 0.2) is 0 Å². The molecule has 1 amide bonds. The summed E-state index contributed by atoms with van der Waals surface area (Å²) in [6.45, 7) is 6.45. The van der Waals surface area contributed by atoms with E-state index in [1.54, 1.807) is 23.2 Å². The second-order valence-electron chi connectivity index (χ2n) is 6.01. The number of carbonyl (C=O) groups is 1. The molecular formula is C15H21N3O3. The van der Waals surface area contributed by atoms with E-state index >= 15 is 0 Å². The topological polar surface area (TPSA) is 77.6 Å². The molecule has 1 aromatic rings. The standard InChI is InChI=1S/C15H21N3O3/c1-15(2,3)21-14(20)17-9-6-11(7-10-17)18-8-4-5-12(16)13(18)19/h4-6,8H,7,9-10,16H2,1-3H3. The number of nitrogens with two attached hydrogens (primary N) is 1. The number of hydrogen-bond acceptors (Lipinski definition) is 4. The fraction of sp³-hybridized carbons (Fsp3) is 0.467. The predicted molar refractivity (Wildman–Crippen MR) is 81.8 cm³/mol. The van der Waals surface area contributed by atoms with Gasteiger partial charge in [-0.05, 0) is 39.0 Å². The van der Waals surface area contributed by atoms with Crippen LogP contribution in [0.1, 0.15) is 27.2 Å². The molecule has 2 heterocycles. The molecule has 6 heteroatoms. The van der Waals surface area contributed by atoms with Gasteiger partial charge in [-0.3, -0.25) is 9.36 Å². The number of carbonyl (C=O) groups excluding carboxylic acids is 1. The van der Waals surface area contributed by atoms with Gasteiger partial charge in [0.25, 0.3) is 5.56 Å². The Morgan fingerprint density at radius 2 is 2.10 bits per heavy atom. The number of ether oxygens (including phenoxy) is 1. The third kappa shape index (κ3) is 3.65. The Balaban J connectivity index is 2.11. The molecule has 0 saturated heterocycles. The van der Waals surface area contributed by atoms with Crippen LogP contribution in [0.5, 0.6) is 0 Å². The van der Waals surface area contributed by atoms with Gasteiger partial charge in [0.05, 0.1) is 5.69 Å². The molecule has 1 aliphatic heterocycles. The van der Waals surface area contributed by atoms with Gasteiger partial charge in [0.2, 0.25) is 0 Å². The van der Waals surface area contributed by atoms with Gasteiger partial charge in [-0.2, -0.15) is 0 Å². The van der Waals surface area contributed by atoms with Crippen LogP contribution in [0.4, 0.5) is 10.5 Å². The maximum atomic E-state index is 12.0. The molecule has 1 aliphatic rings. The molecule has 1 aromatic heterocycles. The molecular weight excluding hydrogens is 270 g/mol. The first-order valence-electron chi connectivity index (χ1n) is 6.92. The summed E-state index contributed by atoms with van der Waals surface area (Å²) in [4.78, 5) is 25.5. The summed E-state index contributed by atoms with van der Waals surface area (Å²) in [6.07, 6.45) is 3.79. The smallest absolute Gasteiger partial charge is 0.410 e. The third-order valence-electron chi connectivity index (χ3n) is 3.12. The van der Waals surface area contributed by atoms with E-state index in [9.17, 15) is 9.59 Å². The van der Waals surface area contributed by atoms with E-state index in [1.165, 1.54) is 4.57 Å². The predicted octanol–water partition coefficient (Wildman–Crippen LogP) is 1.91. The average Bonchev–Trinajstić information content (AvgIpc) is 2.40. The van der Waals surface area contributed by atoms with Gasteiger partial charge in [-0.1, -0.05) is 0 Å². The quantitative estimate of drug-likeness (QED) is 0.857. The van der Waals surface area contributed by atoms with Gasteiger partial charge < -0.3 is 15.4 Å². The Kier molecular flexibility index (Phi) is 4.06. The molecule has 2 rings (SSSR count). The number of pyridine rings is 1. The molecule has 0 atom stereocenters. The summed E-state index contributed by atoms with van der Waals surface area (Å²) in [5, 5.41) is 0. The third-order valence-corrected chi connectivity index (χ3v) is 3.12. The Morgan fingerprint density at radius 1 is 1.38 bits per heavy atom. The molecule has 0 saturated carbocycles. The Labute approximate surface area is 123 Å². The monoisotopic (exact) mass is 291 g/mol. The summed E-state index contributed by atoms with van der Waals surface area (Å²) in [7, 11) is 0. The highest BCUT2D eigenvalue weighted by atomic mass is 16.6. The number of rotatable bonds is 1. The Morgan fingerprint density at radius 3 is 2.67 bits per heavy atom. The minimum absolute atomic E-state index is 0.216. The van der Waals surface area contributed by atoms with Crippen molar-refractivity contribution in [3.63, 3.8) is 0 Å². The van der Waals surface area contributed by atoms with E-state index in [4.69, 9.17) is 10.5 Å². The van der Waals surface area contributed by atoms with Crippen LogP contribution in [0.3, 0.4) is 0 Å². The van der Waals surface area contributed by atoms with Crippen LogP contribution in [0, 0.1) is 0 Å². The van der Waals surface area contributed by atoms with Crippen LogP contribution in [-0.4, -0.2) is 34.3 Å². The zero-order valence-electron chi connectivity index (χ0n) is 12.6. The molecule has 0 spiro atoms. The normalized spacial score (nSPS) is 15.6. The Bertz CT molecular complexity index is 626. The maximum absolute atomic E-state index is 12.0. The van der Waals surface area contributed by atoms with Crippen LogP contribution in [-0.2, 0) is 4.74 Å². The minimum atomic E-state index is -0.508. The fourth-order valence-electron chi connectivity index (χ4n) is 2.11. The first-order chi connectivity index (χ1) is 9.78. The number of nitrogens with zero attached hydrogens (tertiary/aromatic N) is 2. The van der Waals surface area contributed by atoms with Crippen molar-refractivity contribution in [1.82, 2.24) is 9.47 Å². The lowest BCUT2D eigenvalue weighted by molar-refractivity contribution is 0.0269. The van der Waals surface area contributed by atoms with Crippen molar-refractivity contribution >= 4 is 17.5 Å². The second-order valence-corrected chi connectivity index (χ2v) is 6.01. The van der Waals surface area contributed by atoms with Crippen LogP contribution < -0.4 is 11.3 Å².